The van der Waals surface area contributed by atoms with Crippen LogP contribution in [-0.4, -0.2) is 16.4 Å². The Bertz CT molecular complexity index is 871. The number of carbonyl (C=O) groups is 2. The van der Waals surface area contributed by atoms with Crippen molar-refractivity contribution < 1.29 is 9.59 Å². The highest BCUT2D eigenvalue weighted by molar-refractivity contribution is 5.99. The van der Waals surface area contributed by atoms with E-state index < -0.39 is 0 Å². The summed E-state index contributed by atoms with van der Waals surface area (Å²) in [4.78, 5) is 24.5. The number of aromatic nitrogens is 1. The van der Waals surface area contributed by atoms with Crippen molar-refractivity contribution in [3.8, 4) is 5.69 Å². The fourth-order valence-electron chi connectivity index (χ4n) is 2.69. The minimum absolute atomic E-state index is 0.208. The molecule has 3 rings (SSSR count). The van der Waals surface area contributed by atoms with Crippen molar-refractivity contribution in [3.05, 3.63) is 89.7 Å². The Morgan fingerprint density at radius 3 is 2.32 bits per heavy atom. The van der Waals surface area contributed by atoms with E-state index in [9.17, 15) is 9.59 Å². The molecular weight excluding hydrogens is 314 g/mol. The normalized spacial score (nSPS) is 10.3. The molecule has 126 valence electrons. The van der Waals surface area contributed by atoms with Crippen LogP contribution >= 0.6 is 0 Å². The molecule has 2 amide bonds. The summed E-state index contributed by atoms with van der Waals surface area (Å²) in [7, 11) is 0. The molecule has 2 aromatic carbocycles. The van der Waals surface area contributed by atoms with Crippen LogP contribution in [0.2, 0.25) is 0 Å². The van der Waals surface area contributed by atoms with E-state index in [-0.39, 0.29) is 18.2 Å². The monoisotopic (exact) mass is 333 g/mol. The number of nitrogens with one attached hydrogen (secondary N) is 2. The van der Waals surface area contributed by atoms with E-state index in [0.29, 0.717) is 5.56 Å². The Hall–Kier alpha value is -3.34. The SMILES string of the molecule is Cc1cccc(C(=O)NNC(=O)Cc2ccccc2)c1-n1cccc1. The summed E-state index contributed by atoms with van der Waals surface area (Å²) in [6.07, 6.45) is 3.97. The van der Waals surface area contributed by atoms with Crippen molar-refractivity contribution in [3.63, 3.8) is 0 Å². The van der Waals surface area contributed by atoms with Gasteiger partial charge in [0.2, 0.25) is 5.91 Å². The summed E-state index contributed by atoms with van der Waals surface area (Å²) in [5.41, 5.74) is 8.12. The average molecular weight is 333 g/mol. The molecule has 0 aliphatic rings. The van der Waals surface area contributed by atoms with Crippen molar-refractivity contribution >= 4 is 11.8 Å². The smallest absolute Gasteiger partial charge is 0.271 e. The third-order valence-corrected chi connectivity index (χ3v) is 3.87. The second-order valence-electron chi connectivity index (χ2n) is 5.73. The van der Waals surface area contributed by atoms with Gasteiger partial charge in [-0.05, 0) is 36.2 Å². The lowest BCUT2D eigenvalue weighted by Gasteiger charge is -2.14. The van der Waals surface area contributed by atoms with Crippen LogP contribution in [0.1, 0.15) is 21.5 Å². The van der Waals surface area contributed by atoms with Crippen molar-refractivity contribution in [2.24, 2.45) is 0 Å². The molecule has 5 nitrogen and oxygen atoms in total. The lowest BCUT2D eigenvalue weighted by Crippen LogP contribution is -2.42. The first-order chi connectivity index (χ1) is 12.1. The molecule has 0 unspecified atom stereocenters. The summed E-state index contributed by atoms with van der Waals surface area (Å²) in [5.74, 6) is -0.622. The Morgan fingerprint density at radius 2 is 1.60 bits per heavy atom. The number of nitrogens with zero attached hydrogens (tertiary/aromatic N) is 1. The number of hydrogen-bond acceptors (Lipinski definition) is 2. The highest BCUT2D eigenvalue weighted by Gasteiger charge is 2.15. The molecule has 1 aromatic heterocycles. The van der Waals surface area contributed by atoms with E-state index in [0.717, 1.165) is 16.8 Å². The average Bonchev–Trinajstić information content (AvgIpc) is 3.14. The van der Waals surface area contributed by atoms with E-state index in [2.05, 4.69) is 10.9 Å². The van der Waals surface area contributed by atoms with Crippen LogP contribution in [0.25, 0.3) is 5.69 Å². The number of rotatable bonds is 4. The standard InChI is InChI=1S/C20H19N3O2/c1-15-8-7-11-17(19(15)23-12-5-6-13-23)20(25)22-21-18(24)14-16-9-3-2-4-10-16/h2-13H,14H2,1H3,(H,21,24)(H,22,25). The van der Waals surface area contributed by atoms with Gasteiger partial charge in [0.15, 0.2) is 0 Å². The van der Waals surface area contributed by atoms with Crippen LogP contribution in [0, 0.1) is 6.92 Å². The van der Waals surface area contributed by atoms with Crippen LogP contribution in [0.3, 0.4) is 0 Å². The van der Waals surface area contributed by atoms with Gasteiger partial charge in [-0.15, -0.1) is 0 Å². The Labute approximate surface area is 146 Å². The molecule has 0 aliphatic carbocycles. The molecule has 0 saturated heterocycles. The lowest BCUT2D eigenvalue weighted by molar-refractivity contribution is -0.121. The third-order valence-electron chi connectivity index (χ3n) is 3.87. The van der Waals surface area contributed by atoms with Gasteiger partial charge in [0.1, 0.15) is 0 Å². The number of carbonyl (C=O) groups excluding carboxylic acids is 2. The van der Waals surface area contributed by atoms with Crippen LogP contribution < -0.4 is 10.9 Å². The molecule has 0 bridgehead atoms. The highest BCUT2D eigenvalue weighted by atomic mass is 16.2. The largest absolute Gasteiger partial charge is 0.323 e. The first kappa shape index (κ1) is 16.5. The predicted octanol–water partition coefficient (Wildman–Crippen LogP) is 2.79. The molecule has 0 radical (unpaired) electrons. The summed E-state index contributed by atoms with van der Waals surface area (Å²) in [5, 5.41) is 0. The summed E-state index contributed by atoms with van der Waals surface area (Å²) in [6, 6.07) is 18.7. The molecular formula is C20H19N3O2. The van der Waals surface area contributed by atoms with E-state index in [1.807, 2.05) is 78.5 Å². The lowest BCUT2D eigenvalue weighted by atomic mass is 10.1. The molecule has 25 heavy (non-hydrogen) atoms. The van der Waals surface area contributed by atoms with Crippen molar-refractivity contribution in [2.75, 3.05) is 0 Å². The van der Waals surface area contributed by atoms with E-state index >= 15 is 0 Å². The van der Waals surface area contributed by atoms with Gasteiger partial charge in [0, 0.05) is 12.4 Å². The number of amides is 2. The minimum atomic E-state index is -0.353. The van der Waals surface area contributed by atoms with E-state index in [1.165, 1.54) is 0 Å². The van der Waals surface area contributed by atoms with Crippen molar-refractivity contribution in [2.45, 2.75) is 13.3 Å². The van der Waals surface area contributed by atoms with Crippen LogP contribution in [0.15, 0.2) is 73.1 Å². The Balaban J connectivity index is 1.70. The molecule has 0 aliphatic heterocycles. The van der Waals surface area contributed by atoms with E-state index in [4.69, 9.17) is 0 Å². The van der Waals surface area contributed by atoms with Gasteiger partial charge < -0.3 is 4.57 Å². The van der Waals surface area contributed by atoms with Crippen molar-refractivity contribution in [1.82, 2.24) is 15.4 Å². The maximum atomic E-state index is 12.5. The van der Waals surface area contributed by atoms with Crippen LogP contribution in [0.5, 0.6) is 0 Å². The highest BCUT2D eigenvalue weighted by Crippen LogP contribution is 2.19. The van der Waals surface area contributed by atoms with Crippen LogP contribution in [-0.2, 0) is 11.2 Å². The molecule has 2 N–H and O–H groups in total. The van der Waals surface area contributed by atoms with Gasteiger partial charge in [0.05, 0.1) is 17.7 Å². The summed E-state index contributed by atoms with van der Waals surface area (Å²) < 4.78 is 1.88. The topological polar surface area (TPSA) is 63.1 Å². The maximum Gasteiger partial charge on any atom is 0.271 e. The van der Waals surface area contributed by atoms with Gasteiger partial charge in [-0.2, -0.15) is 0 Å². The number of aryl methyl sites for hydroxylation is 1. The number of hydrogen-bond donors (Lipinski definition) is 2. The van der Waals surface area contributed by atoms with E-state index in [1.54, 1.807) is 6.07 Å². The zero-order chi connectivity index (χ0) is 17.6. The fourth-order valence-corrected chi connectivity index (χ4v) is 2.69. The van der Waals surface area contributed by atoms with Gasteiger partial charge in [-0.3, -0.25) is 20.4 Å². The summed E-state index contributed by atoms with van der Waals surface area (Å²) in [6.45, 7) is 1.94. The number of hydrazine groups is 1. The molecule has 0 atom stereocenters. The van der Waals surface area contributed by atoms with Crippen molar-refractivity contribution in [1.29, 1.82) is 0 Å². The quantitative estimate of drug-likeness (QED) is 0.721. The molecule has 0 saturated carbocycles. The maximum absolute atomic E-state index is 12.5. The molecule has 5 heteroatoms. The Kier molecular flexibility index (Phi) is 4.95. The summed E-state index contributed by atoms with van der Waals surface area (Å²) >= 11 is 0. The fraction of sp³-hybridized carbons (Fsp3) is 0.100. The number of para-hydroxylation sites is 1. The first-order valence-corrected chi connectivity index (χ1v) is 8.01. The third kappa shape index (κ3) is 3.95. The zero-order valence-corrected chi connectivity index (χ0v) is 13.9. The molecule has 0 fully saturated rings. The minimum Gasteiger partial charge on any atom is -0.323 e. The zero-order valence-electron chi connectivity index (χ0n) is 13.9. The second-order valence-corrected chi connectivity index (χ2v) is 5.73. The molecule has 1 heterocycles. The van der Waals surface area contributed by atoms with Gasteiger partial charge in [-0.25, -0.2) is 0 Å². The second kappa shape index (κ2) is 7.49. The Morgan fingerprint density at radius 1 is 0.880 bits per heavy atom. The van der Waals surface area contributed by atoms with Gasteiger partial charge >= 0.3 is 0 Å². The number of benzene rings is 2. The van der Waals surface area contributed by atoms with Crippen LogP contribution in [0.4, 0.5) is 0 Å². The molecule has 3 aromatic rings. The van der Waals surface area contributed by atoms with Gasteiger partial charge in [-0.1, -0.05) is 42.5 Å². The predicted molar refractivity (Wildman–Crippen MR) is 96.3 cm³/mol. The molecule has 0 spiro atoms. The van der Waals surface area contributed by atoms with Gasteiger partial charge in [0.25, 0.3) is 5.91 Å². The first-order valence-electron chi connectivity index (χ1n) is 8.01.